The van der Waals surface area contributed by atoms with E-state index in [1.165, 1.54) is 0 Å². The van der Waals surface area contributed by atoms with Gasteiger partial charge in [-0.3, -0.25) is 19.9 Å². The van der Waals surface area contributed by atoms with Gasteiger partial charge in [-0.05, 0) is 50.6 Å². The summed E-state index contributed by atoms with van der Waals surface area (Å²) in [5, 5.41) is 3.43. The fourth-order valence-corrected chi connectivity index (χ4v) is 4.26. The zero-order valence-corrected chi connectivity index (χ0v) is 17.8. The molecule has 0 spiro atoms. The van der Waals surface area contributed by atoms with Crippen molar-refractivity contribution in [2.75, 3.05) is 40.0 Å². The zero-order chi connectivity index (χ0) is 22.0. The molecular formula is C21H28N4O6. The number of methoxy groups -OCH3 is 1. The fourth-order valence-electron chi connectivity index (χ4n) is 4.26. The van der Waals surface area contributed by atoms with Crippen LogP contribution in [0.15, 0.2) is 24.3 Å². The Morgan fingerprint density at radius 1 is 1.19 bits per heavy atom. The first-order valence-corrected chi connectivity index (χ1v) is 10.5. The number of hydrazine groups is 1. The number of rotatable bonds is 6. The Hall–Kier alpha value is -2.69. The molecule has 4 amide bonds. The number of hydrogen-bond donors (Lipinski definition) is 2. The number of carbonyl (C=O) groups is 3. The van der Waals surface area contributed by atoms with E-state index in [1.54, 1.807) is 38.3 Å². The van der Waals surface area contributed by atoms with Gasteiger partial charge in [0.25, 0.3) is 11.8 Å². The first-order valence-electron chi connectivity index (χ1n) is 10.5. The molecule has 0 bridgehead atoms. The molecule has 3 fully saturated rings. The number of likely N-dealkylation sites (tertiary alicyclic amines) is 1. The topological polar surface area (TPSA) is 109 Å². The molecule has 3 aliphatic heterocycles. The van der Waals surface area contributed by atoms with E-state index in [0.29, 0.717) is 30.4 Å². The number of imide groups is 1. The normalized spacial score (nSPS) is 25.7. The minimum atomic E-state index is -1.27. The molecule has 0 saturated carbocycles. The Labute approximate surface area is 180 Å². The van der Waals surface area contributed by atoms with E-state index < -0.39 is 23.4 Å². The maximum atomic E-state index is 13.0. The average Bonchev–Trinajstić information content (AvgIpc) is 3.38. The summed E-state index contributed by atoms with van der Waals surface area (Å²) in [6, 6.07) is 6.19. The van der Waals surface area contributed by atoms with Gasteiger partial charge in [0.15, 0.2) is 6.29 Å². The van der Waals surface area contributed by atoms with Crippen LogP contribution in [-0.4, -0.2) is 74.0 Å². The SMILES string of the molecule is COc1ccc(C2(C)NC(=O)N(NC(=O)CN3CCC(C4OCCO4)CC3)C2=O)cc1. The quantitative estimate of drug-likeness (QED) is 0.633. The first-order chi connectivity index (χ1) is 14.9. The third-order valence-electron chi connectivity index (χ3n) is 6.13. The number of hydrogen-bond acceptors (Lipinski definition) is 7. The van der Waals surface area contributed by atoms with Crippen molar-refractivity contribution in [1.29, 1.82) is 0 Å². The molecule has 0 aromatic heterocycles. The van der Waals surface area contributed by atoms with Crippen LogP contribution in [0.1, 0.15) is 25.3 Å². The maximum absolute atomic E-state index is 13.0. The van der Waals surface area contributed by atoms with E-state index in [2.05, 4.69) is 10.7 Å². The van der Waals surface area contributed by atoms with Crippen LogP contribution in [0, 0.1) is 5.92 Å². The van der Waals surface area contributed by atoms with Gasteiger partial charge in [0.05, 0.1) is 26.9 Å². The number of carbonyl (C=O) groups excluding carboxylic acids is 3. The fraction of sp³-hybridized carbons (Fsp3) is 0.571. The van der Waals surface area contributed by atoms with Crippen LogP contribution < -0.4 is 15.5 Å². The Balaban J connectivity index is 1.32. The summed E-state index contributed by atoms with van der Waals surface area (Å²) in [6.45, 7) is 4.44. The highest BCUT2D eigenvalue weighted by Crippen LogP contribution is 2.29. The number of amides is 4. The van der Waals surface area contributed by atoms with Gasteiger partial charge in [-0.25, -0.2) is 4.79 Å². The van der Waals surface area contributed by atoms with Crippen LogP contribution in [0.5, 0.6) is 5.75 Å². The number of nitrogens with one attached hydrogen (secondary N) is 2. The molecule has 2 N–H and O–H groups in total. The Morgan fingerprint density at radius 2 is 1.84 bits per heavy atom. The van der Waals surface area contributed by atoms with E-state index in [1.807, 2.05) is 4.90 Å². The second-order valence-electron chi connectivity index (χ2n) is 8.18. The summed E-state index contributed by atoms with van der Waals surface area (Å²) >= 11 is 0. The van der Waals surface area contributed by atoms with Crippen molar-refractivity contribution in [3.8, 4) is 5.75 Å². The second kappa shape index (κ2) is 8.81. The van der Waals surface area contributed by atoms with Crippen molar-refractivity contribution >= 4 is 17.8 Å². The monoisotopic (exact) mass is 432 g/mol. The van der Waals surface area contributed by atoms with E-state index in [0.717, 1.165) is 30.9 Å². The lowest BCUT2D eigenvalue weighted by atomic mass is 9.92. The smallest absolute Gasteiger partial charge is 0.344 e. The van der Waals surface area contributed by atoms with Gasteiger partial charge in [-0.1, -0.05) is 12.1 Å². The predicted molar refractivity (Wildman–Crippen MR) is 109 cm³/mol. The summed E-state index contributed by atoms with van der Waals surface area (Å²) < 4.78 is 16.3. The van der Waals surface area contributed by atoms with Crippen LogP contribution >= 0.6 is 0 Å². The van der Waals surface area contributed by atoms with Crippen LogP contribution in [-0.2, 0) is 24.6 Å². The van der Waals surface area contributed by atoms with Gasteiger partial charge in [0.1, 0.15) is 11.3 Å². The van der Waals surface area contributed by atoms with Crippen LogP contribution in [0.3, 0.4) is 0 Å². The molecule has 4 rings (SSSR count). The molecule has 168 valence electrons. The van der Waals surface area contributed by atoms with Gasteiger partial charge in [-0.15, -0.1) is 0 Å². The van der Waals surface area contributed by atoms with E-state index in [4.69, 9.17) is 14.2 Å². The summed E-state index contributed by atoms with van der Waals surface area (Å²) in [5.41, 5.74) is 1.79. The lowest BCUT2D eigenvalue weighted by Gasteiger charge is -2.33. The van der Waals surface area contributed by atoms with Gasteiger partial charge in [0, 0.05) is 5.92 Å². The molecule has 0 aliphatic carbocycles. The van der Waals surface area contributed by atoms with Crippen LogP contribution in [0.25, 0.3) is 0 Å². The zero-order valence-electron chi connectivity index (χ0n) is 17.8. The molecular weight excluding hydrogens is 404 g/mol. The molecule has 1 aromatic carbocycles. The largest absolute Gasteiger partial charge is 0.497 e. The summed E-state index contributed by atoms with van der Waals surface area (Å²) in [7, 11) is 1.55. The maximum Gasteiger partial charge on any atom is 0.344 e. The third kappa shape index (κ3) is 4.36. The average molecular weight is 432 g/mol. The van der Waals surface area contributed by atoms with Crippen molar-refractivity contribution in [2.45, 2.75) is 31.6 Å². The van der Waals surface area contributed by atoms with Crippen LogP contribution in [0.4, 0.5) is 4.79 Å². The summed E-state index contributed by atoms with van der Waals surface area (Å²) in [6.07, 6.45) is 1.60. The number of piperidine rings is 1. The molecule has 1 atom stereocenters. The molecule has 3 aliphatic rings. The van der Waals surface area contributed by atoms with Crippen LogP contribution in [0.2, 0.25) is 0 Å². The molecule has 0 radical (unpaired) electrons. The van der Waals surface area contributed by atoms with Crippen molar-refractivity contribution in [2.24, 2.45) is 5.92 Å². The Morgan fingerprint density at radius 3 is 2.45 bits per heavy atom. The van der Waals surface area contributed by atoms with E-state index >= 15 is 0 Å². The third-order valence-corrected chi connectivity index (χ3v) is 6.13. The number of benzene rings is 1. The summed E-state index contributed by atoms with van der Waals surface area (Å²) in [5.74, 6) is 0.0293. The number of ether oxygens (including phenoxy) is 3. The van der Waals surface area contributed by atoms with Crippen molar-refractivity contribution in [3.63, 3.8) is 0 Å². The predicted octanol–water partition coefficient (Wildman–Crippen LogP) is 0.578. The molecule has 3 saturated heterocycles. The molecule has 1 aromatic rings. The highest BCUT2D eigenvalue weighted by atomic mass is 16.7. The van der Waals surface area contributed by atoms with E-state index in [9.17, 15) is 14.4 Å². The molecule has 10 nitrogen and oxygen atoms in total. The Kier molecular flexibility index (Phi) is 6.12. The number of nitrogens with zero attached hydrogens (tertiary/aromatic N) is 2. The van der Waals surface area contributed by atoms with Crippen molar-refractivity contribution < 1.29 is 28.6 Å². The number of urea groups is 1. The van der Waals surface area contributed by atoms with Gasteiger partial charge >= 0.3 is 6.03 Å². The highest BCUT2D eigenvalue weighted by molar-refractivity contribution is 6.08. The molecule has 3 heterocycles. The van der Waals surface area contributed by atoms with Gasteiger partial charge in [-0.2, -0.15) is 5.01 Å². The van der Waals surface area contributed by atoms with E-state index in [-0.39, 0.29) is 12.8 Å². The summed E-state index contributed by atoms with van der Waals surface area (Å²) in [4.78, 5) is 39.9. The second-order valence-corrected chi connectivity index (χ2v) is 8.18. The lowest BCUT2D eigenvalue weighted by molar-refractivity contribution is -0.139. The minimum absolute atomic E-state index is 0.107. The lowest BCUT2D eigenvalue weighted by Crippen LogP contribution is -2.51. The van der Waals surface area contributed by atoms with Crippen molar-refractivity contribution in [3.05, 3.63) is 29.8 Å². The first kappa shape index (κ1) is 21.5. The standard InChI is InChI=1S/C21H28N4O6/c1-21(15-3-5-16(29-2)6-4-15)19(27)25(20(28)22-21)23-17(26)13-24-9-7-14(8-10-24)18-30-11-12-31-18/h3-6,14,18H,7-13H2,1-2H3,(H,22,28)(H,23,26). The molecule has 31 heavy (non-hydrogen) atoms. The Bertz CT molecular complexity index is 833. The minimum Gasteiger partial charge on any atom is -0.497 e. The van der Waals surface area contributed by atoms with Crippen molar-refractivity contribution in [1.82, 2.24) is 20.7 Å². The van der Waals surface area contributed by atoms with Gasteiger partial charge in [0.2, 0.25) is 0 Å². The molecule has 1 unspecified atom stereocenters. The highest BCUT2D eigenvalue weighted by Gasteiger charge is 2.50. The van der Waals surface area contributed by atoms with Gasteiger partial charge < -0.3 is 19.5 Å². The molecule has 10 heteroatoms.